The van der Waals surface area contributed by atoms with E-state index in [0.29, 0.717) is 0 Å². The maximum Gasteiger partial charge on any atom is 0.282 e. The van der Waals surface area contributed by atoms with Gasteiger partial charge in [-0.2, -0.15) is 0 Å². The van der Waals surface area contributed by atoms with Gasteiger partial charge < -0.3 is 4.90 Å². The fourth-order valence-corrected chi connectivity index (χ4v) is 2.80. The third-order valence-electron chi connectivity index (χ3n) is 3.26. The Labute approximate surface area is 126 Å². The molecule has 3 rings (SSSR count). The number of aromatic nitrogens is 1. The summed E-state index contributed by atoms with van der Waals surface area (Å²) in [5.41, 5.74) is 2.01. The van der Waals surface area contributed by atoms with Crippen molar-refractivity contribution in [1.82, 2.24) is 9.71 Å². The Morgan fingerprint density at radius 2 is 1.76 bits per heavy atom. The molecule has 1 aliphatic rings. The SMILES string of the molecule is FC1(F)CN(c2ccc(SNCc3ccncc3)cc2)C1. The van der Waals surface area contributed by atoms with E-state index in [4.69, 9.17) is 0 Å². The normalized spacial score (nSPS) is 16.6. The summed E-state index contributed by atoms with van der Waals surface area (Å²) in [4.78, 5) is 6.70. The molecule has 21 heavy (non-hydrogen) atoms. The summed E-state index contributed by atoms with van der Waals surface area (Å²) < 4.78 is 28.9. The van der Waals surface area contributed by atoms with Gasteiger partial charge in [0.1, 0.15) is 0 Å². The fraction of sp³-hybridized carbons (Fsp3) is 0.267. The third kappa shape index (κ3) is 3.71. The van der Waals surface area contributed by atoms with E-state index in [0.717, 1.165) is 22.7 Å². The molecule has 0 unspecified atom stereocenters. The Morgan fingerprint density at radius 1 is 1.10 bits per heavy atom. The Balaban J connectivity index is 1.49. The fourth-order valence-electron chi connectivity index (χ4n) is 2.12. The lowest BCUT2D eigenvalue weighted by atomic mass is 10.1. The molecule has 1 N–H and O–H groups in total. The van der Waals surface area contributed by atoms with Crippen molar-refractivity contribution >= 4 is 17.6 Å². The van der Waals surface area contributed by atoms with Crippen LogP contribution >= 0.6 is 11.9 Å². The predicted molar refractivity (Wildman–Crippen MR) is 80.5 cm³/mol. The quantitative estimate of drug-likeness (QED) is 0.858. The number of nitrogens with one attached hydrogen (secondary N) is 1. The summed E-state index contributed by atoms with van der Waals surface area (Å²) in [7, 11) is 0. The summed E-state index contributed by atoms with van der Waals surface area (Å²) in [6.07, 6.45) is 3.53. The van der Waals surface area contributed by atoms with Crippen molar-refractivity contribution in [3.05, 3.63) is 54.4 Å². The molecule has 0 amide bonds. The van der Waals surface area contributed by atoms with Gasteiger partial charge in [0.05, 0.1) is 13.1 Å². The molecule has 0 bridgehead atoms. The zero-order valence-corrected chi connectivity index (χ0v) is 12.1. The van der Waals surface area contributed by atoms with Gasteiger partial charge in [-0.05, 0) is 53.9 Å². The van der Waals surface area contributed by atoms with E-state index in [9.17, 15) is 8.78 Å². The smallest absolute Gasteiger partial charge is 0.282 e. The van der Waals surface area contributed by atoms with Crippen LogP contribution in [0.15, 0.2) is 53.7 Å². The Hall–Kier alpha value is -1.66. The molecule has 1 aromatic carbocycles. The number of rotatable bonds is 5. The van der Waals surface area contributed by atoms with E-state index in [1.165, 1.54) is 11.9 Å². The number of hydrogen-bond donors (Lipinski definition) is 1. The van der Waals surface area contributed by atoms with Crippen LogP contribution in [0.1, 0.15) is 5.56 Å². The number of benzene rings is 1. The van der Waals surface area contributed by atoms with Gasteiger partial charge in [0.25, 0.3) is 5.92 Å². The van der Waals surface area contributed by atoms with Crippen LogP contribution in [-0.4, -0.2) is 24.0 Å². The van der Waals surface area contributed by atoms with Crippen LogP contribution < -0.4 is 9.62 Å². The molecule has 0 radical (unpaired) electrons. The van der Waals surface area contributed by atoms with Crippen LogP contribution in [0.25, 0.3) is 0 Å². The van der Waals surface area contributed by atoms with E-state index in [2.05, 4.69) is 9.71 Å². The summed E-state index contributed by atoms with van der Waals surface area (Å²) in [6.45, 7) is 0.382. The highest BCUT2D eigenvalue weighted by Crippen LogP contribution is 2.32. The molecule has 1 fully saturated rings. The van der Waals surface area contributed by atoms with Crippen LogP contribution in [0.5, 0.6) is 0 Å². The van der Waals surface area contributed by atoms with Crippen LogP contribution in [0.2, 0.25) is 0 Å². The van der Waals surface area contributed by atoms with Crippen LogP contribution in [-0.2, 0) is 6.54 Å². The van der Waals surface area contributed by atoms with E-state index in [1.54, 1.807) is 17.3 Å². The lowest BCUT2D eigenvalue weighted by Crippen LogP contribution is -2.56. The van der Waals surface area contributed by atoms with Crippen LogP contribution in [0.3, 0.4) is 0 Å². The Bertz CT molecular complexity index is 582. The van der Waals surface area contributed by atoms with Gasteiger partial charge >= 0.3 is 0 Å². The molecule has 6 heteroatoms. The second-order valence-electron chi connectivity index (χ2n) is 4.98. The van der Waals surface area contributed by atoms with E-state index >= 15 is 0 Å². The monoisotopic (exact) mass is 307 g/mol. The predicted octanol–water partition coefficient (Wildman–Crippen LogP) is 3.33. The highest BCUT2D eigenvalue weighted by atomic mass is 32.2. The number of halogens is 2. The first-order valence-corrected chi connectivity index (χ1v) is 7.45. The van der Waals surface area contributed by atoms with Gasteiger partial charge in [0.2, 0.25) is 0 Å². The summed E-state index contributed by atoms with van der Waals surface area (Å²) >= 11 is 1.52. The number of alkyl halides is 2. The summed E-state index contributed by atoms with van der Waals surface area (Å²) in [5, 5.41) is 0. The molecule has 0 atom stereocenters. The zero-order valence-electron chi connectivity index (χ0n) is 11.3. The second kappa shape index (κ2) is 5.99. The van der Waals surface area contributed by atoms with Gasteiger partial charge in [-0.25, -0.2) is 8.78 Å². The molecule has 0 aliphatic carbocycles. The molecular formula is C15H15F2N3S. The van der Waals surface area contributed by atoms with Crippen molar-refractivity contribution in [2.45, 2.75) is 17.4 Å². The first-order valence-electron chi connectivity index (χ1n) is 6.64. The molecule has 1 aliphatic heterocycles. The van der Waals surface area contributed by atoms with Gasteiger partial charge in [-0.3, -0.25) is 9.71 Å². The van der Waals surface area contributed by atoms with Gasteiger partial charge in [0, 0.05) is 29.5 Å². The molecule has 3 nitrogen and oxygen atoms in total. The number of anilines is 1. The highest BCUT2D eigenvalue weighted by Gasteiger charge is 2.43. The molecule has 2 aromatic rings. The van der Waals surface area contributed by atoms with Gasteiger partial charge in [0.15, 0.2) is 0 Å². The van der Waals surface area contributed by atoms with Crippen LogP contribution in [0.4, 0.5) is 14.5 Å². The Morgan fingerprint density at radius 3 is 2.38 bits per heavy atom. The van der Waals surface area contributed by atoms with Crippen molar-refractivity contribution in [3.63, 3.8) is 0 Å². The minimum atomic E-state index is -2.53. The van der Waals surface area contributed by atoms with Gasteiger partial charge in [-0.1, -0.05) is 0 Å². The molecule has 1 aromatic heterocycles. The van der Waals surface area contributed by atoms with E-state index < -0.39 is 5.92 Å². The number of pyridine rings is 1. The largest absolute Gasteiger partial charge is 0.359 e. The lowest BCUT2D eigenvalue weighted by Gasteiger charge is -2.40. The molecule has 0 saturated carbocycles. The average Bonchev–Trinajstić information content (AvgIpc) is 2.47. The maximum atomic E-state index is 12.8. The van der Waals surface area contributed by atoms with Crippen molar-refractivity contribution in [2.75, 3.05) is 18.0 Å². The second-order valence-corrected chi connectivity index (χ2v) is 5.95. The minimum Gasteiger partial charge on any atom is -0.359 e. The average molecular weight is 307 g/mol. The lowest BCUT2D eigenvalue weighted by molar-refractivity contribution is -0.0262. The van der Waals surface area contributed by atoms with Crippen molar-refractivity contribution in [3.8, 4) is 0 Å². The zero-order chi connectivity index (χ0) is 14.7. The van der Waals surface area contributed by atoms with Crippen molar-refractivity contribution in [2.24, 2.45) is 0 Å². The Kier molecular flexibility index (Phi) is 4.07. The van der Waals surface area contributed by atoms with Crippen molar-refractivity contribution in [1.29, 1.82) is 0 Å². The van der Waals surface area contributed by atoms with Crippen molar-refractivity contribution < 1.29 is 8.78 Å². The van der Waals surface area contributed by atoms with E-state index in [1.807, 2.05) is 36.4 Å². The first-order chi connectivity index (χ1) is 10.1. The van der Waals surface area contributed by atoms with E-state index in [-0.39, 0.29) is 13.1 Å². The first kappa shape index (κ1) is 14.3. The number of hydrogen-bond acceptors (Lipinski definition) is 4. The standard InChI is InChI=1S/C15H15F2N3S/c16-15(17)10-20(11-15)13-1-3-14(4-2-13)21-19-9-12-5-7-18-8-6-12/h1-8,19H,9-11H2. The number of nitrogens with zero attached hydrogens (tertiary/aromatic N) is 2. The molecule has 1 saturated heterocycles. The maximum absolute atomic E-state index is 12.8. The van der Waals surface area contributed by atoms with Crippen LogP contribution in [0, 0.1) is 0 Å². The van der Waals surface area contributed by atoms with Gasteiger partial charge in [-0.15, -0.1) is 0 Å². The third-order valence-corrected chi connectivity index (χ3v) is 4.06. The molecule has 2 heterocycles. The highest BCUT2D eigenvalue weighted by molar-refractivity contribution is 7.97. The molecule has 0 spiro atoms. The summed E-state index contributed by atoms with van der Waals surface area (Å²) in [5.74, 6) is -2.53. The molecule has 110 valence electrons. The minimum absolute atomic E-state index is 0.181. The topological polar surface area (TPSA) is 28.2 Å². The summed E-state index contributed by atoms with van der Waals surface area (Å²) in [6, 6.07) is 11.6. The molecular weight excluding hydrogens is 292 g/mol.